The van der Waals surface area contributed by atoms with Crippen molar-refractivity contribution < 1.29 is 39.1 Å². The number of ether oxygens (including phenoxy) is 3. The molecule has 2 saturated carbocycles. The molecule has 5 unspecified atom stereocenters. The highest BCUT2D eigenvalue weighted by molar-refractivity contribution is 6.08. The van der Waals surface area contributed by atoms with Crippen LogP contribution in [0.3, 0.4) is 0 Å². The van der Waals surface area contributed by atoms with E-state index in [9.17, 15) is 19.8 Å². The SMILES string of the molecule is [3H]OC1=C(C)C2(O)C(O)(C1=O)[C@@]1(C)CC(=O)OC23C(OCC)C(C)CC[C@@]31OCC. The Morgan fingerprint density at radius 2 is 1.93 bits per heavy atom. The summed E-state index contributed by atoms with van der Waals surface area (Å²) in [6.07, 6.45) is -0.189. The lowest BCUT2D eigenvalue weighted by molar-refractivity contribution is -0.325. The Bertz CT molecular complexity index is 843. The van der Waals surface area contributed by atoms with E-state index in [0.29, 0.717) is 12.8 Å². The van der Waals surface area contributed by atoms with Crippen LogP contribution < -0.4 is 0 Å². The number of ketones is 1. The fourth-order valence-electron chi connectivity index (χ4n) is 7.04. The molecule has 1 aliphatic heterocycles. The fraction of sp³-hybridized carbons (Fsp3) is 0.810. The summed E-state index contributed by atoms with van der Waals surface area (Å²) in [6, 6.07) is 0. The Hall–Kier alpha value is -1.48. The molecular weight excluding hydrogens is 380 g/mol. The Balaban J connectivity index is 2.17. The molecule has 0 spiro atoms. The molecule has 1 saturated heterocycles. The lowest BCUT2D eigenvalue weighted by atomic mass is 9.55. The highest BCUT2D eigenvalue weighted by Gasteiger charge is 2.97. The second-order valence-corrected chi connectivity index (χ2v) is 9.07. The van der Waals surface area contributed by atoms with Gasteiger partial charge >= 0.3 is 5.97 Å². The largest absolute Gasteiger partial charge is 0.504 e. The second-order valence-electron chi connectivity index (χ2n) is 9.07. The van der Waals surface area contributed by atoms with Gasteiger partial charge in [-0.15, -0.1) is 0 Å². The lowest BCUT2D eigenvalue weighted by Crippen LogP contribution is -2.78. The summed E-state index contributed by atoms with van der Waals surface area (Å²) in [7, 11) is 0. The number of esters is 1. The van der Waals surface area contributed by atoms with Gasteiger partial charge < -0.3 is 29.5 Å². The highest BCUT2D eigenvalue weighted by Crippen LogP contribution is 2.77. The molecule has 0 aromatic heterocycles. The minimum Gasteiger partial charge on any atom is -0.504 e. The van der Waals surface area contributed by atoms with Gasteiger partial charge in [0.2, 0.25) is 11.4 Å². The number of rotatable bonds is 5. The van der Waals surface area contributed by atoms with Crippen molar-refractivity contribution in [2.45, 2.75) is 82.4 Å². The minimum atomic E-state index is -2.48. The predicted octanol–water partition coefficient (Wildman–Crippen LogP) is 1.18. The van der Waals surface area contributed by atoms with Gasteiger partial charge in [0.05, 0.1) is 11.8 Å². The average molecular weight is 412 g/mol. The molecule has 2 bridgehead atoms. The fourth-order valence-corrected chi connectivity index (χ4v) is 7.04. The summed E-state index contributed by atoms with van der Waals surface area (Å²) in [5, 5.41) is 29.0. The zero-order chi connectivity index (χ0) is 22.3. The van der Waals surface area contributed by atoms with Crippen molar-refractivity contribution in [2.75, 3.05) is 13.2 Å². The summed E-state index contributed by atoms with van der Waals surface area (Å²) in [4.78, 5) is 26.4. The van der Waals surface area contributed by atoms with Crippen molar-refractivity contribution in [2.24, 2.45) is 11.3 Å². The minimum absolute atomic E-state index is 0.0497. The number of aliphatic hydroxyl groups excluding tert-OH is 1. The second kappa shape index (κ2) is 5.81. The molecule has 0 radical (unpaired) electrons. The Morgan fingerprint density at radius 3 is 2.52 bits per heavy atom. The summed E-state index contributed by atoms with van der Waals surface area (Å²) in [5.74, 6) is -2.18. The molecule has 162 valence electrons. The molecule has 4 aliphatic rings. The molecule has 3 aliphatic carbocycles. The van der Waals surface area contributed by atoms with E-state index in [0.717, 1.165) is 0 Å². The molecule has 3 N–H and O–H groups in total. The van der Waals surface area contributed by atoms with Crippen LogP contribution in [-0.4, -0.2) is 68.8 Å². The Morgan fingerprint density at radius 1 is 1.24 bits per heavy atom. The topological polar surface area (TPSA) is 123 Å². The molecular formula is C21H30O8. The first kappa shape index (κ1) is 19.5. The lowest BCUT2D eigenvalue weighted by Gasteiger charge is -2.62. The van der Waals surface area contributed by atoms with E-state index in [1.54, 1.807) is 20.8 Å². The molecule has 1 heterocycles. The van der Waals surface area contributed by atoms with Crippen molar-refractivity contribution in [3.05, 3.63) is 11.3 Å². The van der Waals surface area contributed by atoms with Crippen molar-refractivity contribution in [3.8, 4) is 0 Å². The van der Waals surface area contributed by atoms with E-state index in [1.165, 1.54) is 6.92 Å². The summed E-state index contributed by atoms with van der Waals surface area (Å²) in [6.45, 7) is 8.98. The molecule has 7 atom stereocenters. The standard InChI is InChI=1S/C21H30O8/c1-6-27-16-11(3)8-9-18(28-7-2)17(5)10-13(22)29-21(16,18)19(25)12(4)14(23)15(24)20(17,19)26/h11,16,23,25-26H,6-10H2,1-5H3/t11?,16?,17-,18-,19?,20?,21?/m0/s1/i/hT. The van der Waals surface area contributed by atoms with Gasteiger partial charge in [0.1, 0.15) is 11.7 Å². The van der Waals surface area contributed by atoms with Gasteiger partial charge in [-0.25, -0.2) is 0 Å². The van der Waals surface area contributed by atoms with E-state index in [1.807, 2.05) is 6.92 Å². The van der Waals surface area contributed by atoms with Crippen molar-refractivity contribution in [1.82, 2.24) is 0 Å². The van der Waals surface area contributed by atoms with Crippen molar-refractivity contribution in [1.29, 1.82) is 1.43 Å². The summed E-state index contributed by atoms with van der Waals surface area (Å²) in [5.41, 5.74) is -9.70. The van der Waals surface area contributed by atoms with Crippen LogP contribution in [0.15, 0.2) is 11.3 Å². The number of hydrogen-bond acceptors (Lipinski definition) is 8. The predicted molar refractivity (Wildman–Crippen MR) is 100.0 cm³/mol. The molecule has 8 heteroatoms. The smallest absolute Gasteiger partial charge is 0.307 e. The third-order valence-corrected chi connectivity index (χ3v) is 8.15. The summed E-state index contributed by atoms with van der Waals surface area (Å²) >= 11 is 0. The Labute approximate surface area is 171 Å². The molecule has 8 nitrogen and oxygen atoms in total. The first-order chi connectivity index (χ1) is 14.0. The zero-order valence-electron chi connectivity index (χ0n) is 18.5. The van der Waals surface area contributed by atoms with E-state index >= 15 is 0 Å². The number of carbonyl (C=O) groups is 2. The number of aliphatic hydroxyl groups is 3. The van der Waals surface area contributed by atoms with Gasteiger partial charge in [-0.1, -0.05) is 13.8 Å². The van der Waals surface area contributed by atoms with Crippen LogP contribution >= 0.6 is 0 Å². The maximum atomic E-state index is 13.5. The number of hydrogen-bond donors (Lipinski definition) is 3. The molecule has 3 fully saturated rings. The van der Waals surface area contributed by atoms with Crippen molar-refractivity contribution >= 4 is 11.8 Å². The molecule has 29 heavy (non-hydrogen) atoms. The van der Waals surface area contributed by atoms with Gasteiger partial charge in [0.15, 0.2) is 17.0 Å². The number of fused-ring (bicyclic) bond motifs is 2. The van der Waals surface area contributed by atoms with Crippen LogP contribution in [0.25, 0.3) is 1.43 Å². The van der Waals surface area contributed by atoms with Crippen LogP contribution in [0, 0.1) is 11.3 Å². The first-order valence-electron chi connectivity index (χ1n) is 10.7. The van der Waals surface area contributed by atoms with Crippen LogP contribution in [0.5, 0.6) is 0 Å². The summed E-state index contributed by atoms with van der Waals surface area (Å²) < 4.78 is 25.8. The van der Waals surface area contributed by atoms with Crippen LogP contribution in [-0.2, 0) is 23.8 Å². The van der Waals surface area contributed by atoms with Gasteiger partial charge in [-0.3, -0.25) is 9.59 Å². The number of carbonyl (C=O) groups excluding carboxylic acids is 2. The monoisotopic (exact) mass is 412 g/mol. The first-order valence-corrected chi connectivity index (χ1v) is 10.3. The van der Waals surface area contributed by atoms with Gasteiger partial charge in [-0.2, -0.15) is 0 Å². The highest BCUT2D eigenvalue weighted by atomic mass is 16.6. The van der Waals surface area contributed by atoms with Crippen LogP contribution in [0.4, 0.5) is 0 Å². The van der Waals surface area contributed by atoms with E-state index in [2.05, 4.69) is 5.11 Å². The van der Waals surface area contributed by atoms with Crippen LogP contribution in [0.2, 0.25) is 0 Å². The van der Waals surface area contributed by atoms with E-state index < -0.39 is 51.4 Å². The zero-order valence-corrected chi connectivity index (χ0v) is 17.5. The molecule has 4 rings (SSSR count). The maximum absolute atomic E-state index is 13.5. The third-order valence-electron chi connectivity index (χ3n) is 8.15. The molecule has 0 amide bonds. The normalized spacial score (nSPS) is 51.5. The van der Waals surface area contributed by atoms with E-state index in [4.69, 9.17) is 15.6 Å². The van der Waals surface area contributed by atoms with Gasteiger partial charge in [0.25, 0.3) is 1.43 Å². The average Bonchev–Trinajstić information content (AvgIpc) is 2.87. The van der Waals surface area contributed by atoms with Crippen molar-refractivity contribution in [3.63, 3.8) is 0 Å². The maximum Gasteiger partial charge on any atom is 0.307 e. The third kappa shape index (κ3) is 1.71. The van der Waals surface area contributed by atoms with E-state index in [-0.39, 0.29) is 31.1 Å². The molecule has 0 aromatic carbocycles. The Kier molecular flexibility index (Phi) is 3.90. The van der Waals surface area contributed by atoms with Gasteiger partial charge in [-0.05, 0) is 39.5 Å². The van der Waals surface area contributed by atoms with Crippen LogP contribution in [0.1, 0.15) is 53.9 Å². The number of Topliss-reactive ketones (excluding diaryl/α,β-unsaturated/α-hetero) is 1. The molecule has 0 aromatic rings. The quantitative estimate of drug-likeness (QED) is 0.576. The van der Waals surface area contributed by atoms with Gasteiger partial charge in [0, 0.05) is 18.8 Å².